The van der Waals surface area contributed by atoms with Gasteiger partial charge in [0.1, 0.15) is 12.4 Å². The first-order valence-corrected chi connectivity index (χ1v) is 6.00. The Morgan fingerprint density at radius 1 is 1.33 bits per heavy atom. The molecule has 5 heteroatoms. The van der Waals surface area contributed by atoms with Gasteiger partial charge in [-0.2, -0.15) is 5.26 Å². The molecule has 2 aromatic rings. The van der Waals surface area contributed by atoms with Crippen molar-refractivity contribution in [3.8, 4) is 6.07 Å². The van der Waals surface area contributed by atoms with Crippen LogP contribution in [0.25, 0.3) is 0 Å². The third-order valence-electron chi connectivity index (χ3n) is 2.22. The number of aryl methyl sites for hydroxylation is 1. The van der Waals surface area contributed by atoms with Crippen LogP contribution in [0.1, 0.15) is 21.5 Å². The minimum absolute atomic E-state index is 0.453. The maximum absolute atomic E-state index is 10.6. The predicted molar refractivity (Wildman–Crippen MR) is 67.4 cm³/mol. The molecule has 88 valence electrons. The van der Waals surface area contributed by atoms with E-state index in [4.69, 9.17) is 5.26 Å². The number of hydrogen-bond donors (Lipinski definition) is 0. The molecule has 0 bridgehead atoms. The van der Waals surface area contributed by atoms with Gasteiger partial charge in [0.05, 0.1) is 5.56 Å². The van der Waals surface area contributed by atoms with Gasteiger partial charge >= 0.3 is 0 Å². The maximum Gasteiger partial charge on any atom is 0.192 e. The number of benzene rings is 1. The summed E-state index contributed by atoms with van der Waals surface area (Å²) in [5.74, 6) is 0. The molecule has 0 fully saturated rings. The topological polar surface area (TPSA) is 66.6 Å². The van der Waals surface area contributed by atoms with Gasteiger partial charge in [0.25, 0.3) is 0 Å². The van der Waals surface area contributed by atoms with E-state index in [9.17, 15) is 4.79 Å². The van der Waals surface area contributed by atoms with Gasteiger partial charge in [-0.15, -0.1) is 0 Å². The summed E-state index contributed by atoms with van der Waals surface area (Å²) in [6.07, 6.45) is 4.17. The van der Waals surface area contributed by atoms with Gasteiger partial charge in [-0.05, 0) is 36.4 Å². The molecule has 1 aromatic heterocycles. The Morgan fingerprint density at radius 3 is 2.67 bits per heavy atom. The van der Waals surface area contributed by atoms with Gasteiger partial charge in [-0.25, -0.2) is 9.97 Å². The molecule has 0 amide bonds. The lowest BCUT2D eigenvalue weighted by atomic mass is 10.1. The third kappa shape index (κ3) is 2.73. The zero-order valence-corrected chi connectivity index (χ0v) is 10.4. The van der Waals surface area contributed by atoms with Crippen LogP contribution in [0.15, 0.2) is 40.6 Å². The van der Waals surface area contributed by atoms with E-state index in [-0.39, 0.29) is 0 Å². The maximum atomic E-state index is 10.6. The van der Waals surface area contributed by atoms with E-state index < -0.39 is 0 Å². The van der Waals surface area contributed by atoms with Crippen molar-refractivity contribution in [2.45, 2.75) is 17.0 Å². The van der Waals surface area contributed by atoms with Crippen molar-refractivity contribution in [1.29, 1.82) is 5.26 Å². The molecule has 0 unspecified atom stereocenters. The third-order valence-corrected chi connectivity index (χ3v) is 3.19. The van der Waals surface area contributed by atoms with E-state index >= 15 is 0 Å². The Kier molecular flexibility index (Phi) is 3.70. The minimum atomic E-state index is 0.453. The first-order chi connectivity index (χ1) is 8.72. The van der Waals surface area contributed by atoms with Crippen LogP contribution in [0.2, 0.25) is 0 Å². The predicted octanol–water partition coefficient (Wildman–Crippen LogP) is 2.62. The summed E-state index contributed by atoms with van der Waals surface area (Å²) in [6.45, 7) is 1.91. The van der Waals surface area contributed by atoms with Crippen LogP contribution in [0.4, 0.5) is 0 Å². The summed E-state index contributed by atoms with van der Waals surface area (Å²) >= 11 is 1.31. The van der Waals surface area contributed by atoms with E-state index in [1.165, 1.54) is 11.8 Å². The van der Waals surface area contributed by atoms with Crippen LogP contribution in [-0.2, 0) is 0 Å². The molecule has 0 atom stereocenters. The summed E-state index contributed by atoms with van der Waals surface area (Å²) in [6, 6.07) is 7.03. The van der Waals surface area contributed by atoms with E-state index in [1.807, 2.05) is 6.92 Å². The molecule has 0 aliphatic rings. The number of carbonyl (C=O) groups excluding carboxylic acids is 1. The average molecular weight is 255 g/mol. The Bertz CT molecular complexity index is 617. The molecule has 0 N–H and O–H groups in total. The zero-order valence-electron chi connectivity index (χ0n) is 9.62. The summed E-state index contributed by atoms with van der Waals surface area (Å²) in [4.78, 5) is 19.7. The lowest BCUT2D eigenvalue weighted by molar-refractivity contribution is 0.112. The quantitative estimate of drug-likeness (QED) is 0.623. The Morgan fingerprint density at radius 2 is 2.06 bits per heavy atom. The van der Waals surface area contributed by atoms with Crippen LogP contribution in [-0.4, -0.2) is 16.3 Å². The van der Waals surface area contributed by atoms with Gasteiger partial charge in [0, 0.05) is 22.9 Å². The Hall–Kier alpha value is -2.19. The van der Waals surface area contributed by atoms with E-state index in [0.29, 0.717) is 16.3 Å². The van der Waals surface area contributed by atoms with Gasteiger partial charge in [0.2, 0.25) is 0 Å². The molecular formula is C13H9N3OS. The van der Waals surface area contributed by atoms with Gasteiger partial charge in [0.15, 0.2) is 5.16 Å². The number of carbonyl (C=O) groups is 1. The monoisotopic (exact) mass is 255 g/mol. The highest BCUT2D eigenvalue weighted by atomic mass is 32.2. The van der Waals surface area contributed by atoms with Crippen LogP contribution in [0.5, 0.6) is 0 Å². The first-order valence-electron chi connectivity index (χ1n) is 5.19. The number of rotatable bonds is 3. The lowest BCUT2D eigenvalue weighted by Gasteiger charge is -2.03. The van der Waals surface area contributed by atoms with Crippen molar-refractivity contribution in [1.82, 2.24) is 9.97 Å². The molecule has 0 radical (unpaired) electrons. The van der Waals surface area contributed by atoms with E-state index in [1.54, 1.807) is 30.6 Å². The fourth-order valence-corrected chi connectivity index (χ4v) is 2.09. The highest BCUT2D eigenvalue weighted by molar-refractivity contribution is 7.99. The molecule has 0 spiro atoms. The second-order valence-electron chi connectivity index (χ2n) is 3.63. The highest BCUT2D eigenvalue weighted by Gasteiger charge is 2.07. The fraction of sp³-hybridized carbons (Fsp3) is 0.0769. The summed E-state index contributed by atoms with van der Waals surface area (Å²) in [5.41, 5.74) is 1.92. The molecule has 18 heavy (non-hydrogen) atoms. The van der Waals surface area contributed by atoms with Crippen molar-refractivity contribution in [3.05, 3.63) is 47.3 Å². The van der Waals surface area contributed by atoms with E-state index in [2.05, 4.69) is 16.0 Å². The second kappa shape index (κ2) is 5.43. The molecule has 4 nitrogen and oxygen atoms in total. The van der Waals surface area contributed by atoms with Crippen molar-refractivity contribution in [2.24, 2.45) is 0 Å². The Balaban J connectivity index is 2.31. The molecule has 1 aromatic carbocycles. The van der Waals surface area contributed by atoms with Gasteiger partial charge in [-0.1, -0.05) is 6.07 Å². The SMILES string of the molecule is Cc1cnc(Sc2ccc(C=O)cc2C#N)nc1. The number of nitrogens with zero attached hydrogens (tertiary/aromatic N) is 3. The van der Waals surface area contributed by atoms with Crippen LogP contribution >= 0.6 is 11.8 Å². The minimum Gasteiger partial charge on any atom is -0.298 e. The fourth-order valence-electron chi connectivity index (χ4n) is 1.33. The van der Waals surface area contributed by atoms with Crippen LogP contribution in [0.3, 0.4) is 0 Å². The van der Waals surface area contributed by atoms with Crippen molar-refractivity contribution < 1.29 is 4.79 Å². The second-order valence-corrected chi connectivity index (χ2v) is 4.64. The highest BCUT2D eigenvalue weighted by Crippen LogP contribution is 2.27. The number of hydrogen-bond acceptors (Lipinski definition) is 5. The van der Waals surface area contributed by atoms with E-state index in [0.717, 1.165) is 16.7 Å². The van der Waals surface area contributed by atoms with Crippen LogP contribution < -0.4 is 0 Å². The molecule has 2 rings (SSSR count). The van der Waals surface area contributed by atoms with Gasteiger partial charge in [-0.3, -0.25) is 4.79 Å². The largest absolute Gasteiger partial charge is 0.298 e. The smallest absolute Gasteiger partial charge is 0.192 e. The first kappa shape index (κ1) is 12.3. The molecule has 1 heterocycles. The number of aldehydes is 1. The summed E-state index contributed by atoms with van der Waals surface area (Å²) in [5, 5.41) is 9.62. The summed E-state index contributed by atoms with van der Waals surface area (Å²) in [7, 11) is 0. The average Bonchev–Trinajstić information content (AvgIpc) is 2.41. The van der Waals surface area contributed by atoms with Crippen molar-refractivity contribution in [3.63, 3.8) is 0 Å². The summed E-state index contributed by atoms with van der Waals surface area (Å²) < 4.78 is 0. The molecule has 0 aliphatic carbocycles. The standard InChI is InChI=1S/C13H9N3OS/c1-9-6-15-13(16-7-9)18-12-3-2-10(8-17)4-11(12)5-14/h2-4,6-8H,1H3. The molecule has 0 aliphatic heterocycles. The van der Waals surface area contributed by atoms with Gasteiger partial charge < -0.3 is 0 Å². The van der Waals surface area contributed by atoms with Crippen LogP contribution in [0, 0.1) is 18.3 Å². The molecule has 0 saturated carbocycles. The molecular weight excluding hydrogens is 246 g/mol. The number of nitriles is 1. The van der Waals surface area contributed by atoms with Crippen molar-refractivity contribution >= 4 is 18.0 Å². The molecule has 0 saturated heterocycles. The Labute approximate surface area is 109 Å². The zero-order chi connectivity index (χ0) is 13.0. The number of aromatic nitrogens is 2. The normalized spacial score (nSPS) is 9.78. The lowest BCUT2D eigenvalue weighted by Crippen LogP contribution is -1.90. The van der Waals surface area contributed by atoms with Crippen molar-refractivity contribution in [2.75, 3.05) is 0 Å².